The summed E-state index contributed by atoms with van der Waals surface area (Å²) in [6, 6.07) is 0. The summed E-state index contributed by atoms with van der Waals surface area (Å²) >= 11 is 0. The van der Waals surface area contributed by atoms with Gasteiger partial charge in [0.25, 0.3) is 0 Å². The van der Waals surface area contributed by atoms with Gasteiger partial charge in [0.15, 0.2) is 0 Å². The lowest BCUT2D eigenvalue weighted by Gasteiger charge is -2.41. The van der Waals surface area contributed by atoms with E-state index in [1.54, 1.807) is 4.90 Å². The predicted molar refractivity (Wildman–Crippen MR) is 233 cm³/mol. The first-order chi connectivity index (χ1) is 27.3. The molecule has 5 aliphatic heterocycles. The van der Waals surface area contributed by atoms with Crippen molar-refractivity contribution in [3.63, 3.8) is 0 Å². The van der Waals surface area contributed by atoms with Crippen LogP contribution in [0.5, 0.6) is 0 Å². The summed E-state index contributed by atoms with van der Waals surface area (Å²) in [5.41, 5.74) is -3.21. The predicted octanol–water partition coefficient (Wildman–Crippen LogP) is 6.09. The maximum atomic E-state index is 13.5. The van der Waals surface area contributed by atoms with Crippen LogP contribution in [0, 0.1) is 11.8 Å². The molecule has 4 N–H and O–H groups in total. The molecule has 4 unspecified atom stereocenters. The van der Waals surface area contributed by atoms with Gasteiger partial charge in [0.1, 0.15) is 16.7 Å². The van der Waals surface area contributed by atoms with Crippen molar-refractivity contribution < 1.29 is 48.3 Å². The zero-order chi connectivity index (χ0) is 42.8. The first-order valence-corrected chi connectivity index (χ1v) is 22.5. The molecule has 59 heavy (non-hydrogen) atoms. The molecule has 1 amide bonds. The fourth-order valence-corrected chi connectivity index (χ4v) is 9.88. The second-order valence-corrected chi connectivity index (χ2v) is 19.6. The molecule has 16 heteroatoms. The average molecular weight is 837 g/mol. The van der Waals surface area contributed by atoms with Crippen LogP contribution in [-0.2, 0) is 28.4 Å². The topological polar surface area (TPSA) is 171 Å². The van der Waals surface area contributed by atoms with Crippen molar-refractivity contribution in [2.24, 2.45) is 11.8 Å². The Labute approximate surface area is 357 Å². The third-order valence-corrected chi connectivity index (χ3v) is 13.9. The summed E-state index contributed by atoms with van der Waals surface area (Å²) in [7, 11) is -0.126. The molecular formula is C43H82B2N4O10. The Kier molecular flexibility index (Phi) is 19.5. The highest BCUT2D eigenvalue weighted by molar-refractivity contribution is 6.45. The zero-order valence-electron chi connectivity index (χ0n) is 37.3. The number of likely N-dealkylation sites (tertiary alicyclic amines) is 3. The van der Waals surface area contributed by atoms with Crippen molar-refractivity contribution in [2.45, 2.75) is 186 Å². The fraction of sp³-hybridized carbons (Fsp3) is 0.930. The molecule has 0 aromatic carbocycles. The molecule has 0 aliphatic carbocycles. The molecule has 0 saturated carbocycles. The maximum Gasteiger partial charge on any atom is 0.457 e. The molecule has 5 rings (SSSR count). The molecule has 5 fully saturated rings. The molecule has 0 aromatic heterocycles. The SMILES string of the molecule is C.COC(=O)C1(CCN2CCCCC2)C(CCCB2OC(C)(C)C(C)(C)O2)CCN1C(=O)OC(C)(C)C.O=C(O)C1(CCN2CCCCC2)NCCC1CCCB(O)O. The Hall–Kier alpha value is -1.94. The molecule has 0 aromatic rings. The number of aliphatic carboxylic acids is 1. The van der Waals surface area contributed by atoms with E-state index in [2.05, 4.69) is 42.8 Å². The van der Waals surface area contributed by atoms with Gasteiger partial charge in [-0.15, -0.1) is 0 Å². The number of carboxylic acid groups (broad SMARTS) is 1. The number of hydrogen-bond donors (Lipinski definition) is 4. The van der Waals surface area contributed by atoms with Crippen molar-refractivity contribution in [3.8, 4) is 0 Å². The highest BCUT2D eigenvalue weighted by Gasteiger charge is 2.58. The molecule has 14 nitrogen and oxygen atoms in total. The third kappa shape index (κ3) is 13.5. The summed E-state index contributed by atoms with van der Waals surface area (Å²) in [5.74, 6) is -1.02. The van der Waals surface area contributed by atoms with Gasteiger partial charge in [-0.1, -0.05) is 33.1 Å². The molecular weight excluding hydrogens is 754 g/mol. The van der Waals surface area contributed by atoms with Gasteiger partial charge in [0.05, 0.1) is 18.3 Å². The number of hydrogen-bond acceptors (Lipinski definition) is 12. The van der Waals surface area contributed by atoms with Gasteiger partial charge >= 0.3 is 32.3 Å². The van der Waals surface area contributed by atoms with Crippen LogP contribution < -0.4 is 5.32 Å². The summed E-state index contributed by atoms with van der Waals surface area (Å²) in [5, 5.41) is 31.0. The third-order valence-electron chi connectivity index (χ3n) is 13.9. The van der Waals surface area contributed by atoms with Crippen LogP contribution in [0.4, 0.5) is 4.79 Å². The smallest absolute Gasteiger partial charge is 0.457 e. The van der Waals surface area contributed by atoms with E-state index in [0.29, 0.717) is 32.1 Å². The molecule has 0 radical (unpaired) electrons. The van der Waals surface area contributed by atoms with Crippen molar-refractivity contribution >= 4 is 32.3 Å². The van der Waals surface area contributed by atoms with E-state index in [4.69, 9.17) is 28.8 Å². The fourth-order valence-electron chi connectivity index (χ4n) is 9.88. The molecule has 5 aliphatic rings. The van der Waals surface area contributed by atoms with Gasteiger partial charge in [-0.05, 0) is 170 Å². The van der Waals surface area contributed by atoms with Crippen molar-refractivity contribution in [1.29, 1.82) is 0 Å². The van der Waals surface area contributed by atoms with Crippen LogP contribution in [0.15, 0.2) is 0 Å². The highest BCUT2D eigenvalue weighted by Crippen LogP contribution is 2.44. The number of carbonyl (C=O) groups is 3. The number of methoxy groups -OCH3 is 1. The van der Waals surface area contributed by atoms with Gasteiger partial charge < -0.3 is 49.1 Å². The maximum absolute atomic E-state index is 13.5. The normalized spacial score (nSPS) is 28.4. The van der Waals surface area contributed by atoms with E-state index < -0.39 is 35.9 Å². The van der Waals surface area contributed by atoms with Crippen LogP contribution in [0.1, 0.15) is 146 Å². The minimum absolute atomic E-state index is 0. The number of nitrogens with zero attached hydrogens (tertiary/aromatic N) is 3. The lowest BCUT2D eigenvalue weighted by Crippen LogP contribution is -2.59. The summed E-state index contributed by atoms with van der Waals surface area (Å²) < 4.78 is 23.5. The first kappa shape index (κ1) is 51.4. The summed E-state index contributed by atoms with van der Waals surface area (Å²) in [6.45, 7) is 20.9. The Bertz CT molecular complexity index is 1310. The van der Waals surface area contributed by atoms with Gasteiger partial charge in [-0.3, -0.25) is 9.69 Å². The Morgan fingerprint density at radius 2 is 1.36 bits per heavy atom. The van der Waals surface area contributed by atoms with Crippen molar-refractivity contribution in [1.82, 2.24) is 20.0 Å². The Morgan fingerprint density at radius 1 is 0.814 bits per heavy atom. The van der Waals surface area contributed by atoms with E-state index in [1.165, 1.54) is 45.6 Å². The quantitative estimate of drug-likeness (QED) is 0.104. The van der Waals surface area contributed by atoms with Gasteiger partial charge in [-0.2, -0.15) is 0 Å². The standard InChI is InChI=1S/C27H49BN2O6.C15H29BN2O4.CH4/c1-24(2,3)34-23(32)30-19-14-21(13-12-16-28-35-25(4,5)26(6,7)36-28)27(30,22(31)33-8)15-20-29-17-10-9-11-18-29;19-14(20)15(7-12-18-10-2-1-3-11-18)13(6-9-17-15)5-4-8-16(21)22;/h21H,9-20H2,1-8H3;13,17,21-22H,1-12H2,(H,19,20);1H4. The van der Waals surface area contributed by atoms with E-state index in [9.17, 15) is 19.5 Å². The second-order valence-electron chi connectivity index (χ2n) is 19.6. The van der Waals surface area contributed by atoms with Crippen LogP contribution in [0.3, 0.4) is 0 Å². The van der Waals surface area contributed by atoms with E-state index >= 15 is 0 Å². The van der Waals surface area contributed by atoms with Gasteiger partial charge in [-0.25, -0.2) is 9.59 Å². The number of carboxylic acids is 1. The van der Waals surface area contributed by atoms with Crippen LogP contribution in [-0.4, -0.2) is 149 Å². The number of esters is 1. The van der Waals surface area contributed by atoms with Crippen molar-refractivity contribution in [2.75, 3.05) is 59.5 Å². The monoisotopic (exact) mass is 837 g/mol. The zero-order valence-corrected chi connectivity index (χ0v) is 37.3. The second kappa shape index (κ2) is 22.4. The van der Waals surface area contributed by atoms with E-state index in [-0.39, 0.29) is 43.6 Å². The lowest BCUT2D eigenvalue weighted by molar-refractivity contribution is -0.157. The van der Waals surface area contributed by atoms with Gasteiger partial charge in [0, 0.05) is 19.6 Å². The Balaban J connectivity index is 0.000000347. The molecule has 5 saturated heterocycles. The number of piperidine rings is 2. The summed E-state index contributed by atoms with van der Waals surface area (Å²) in [6.07, 6.45) is 13.8. The molecule has 4 atom stereocenters. The van der Waals surface area contributed by atoms with Crippen LogP contribution >= 0.6 is 0 Å². The molecule has 340 valence electrons. The number of ether oxygens (including phenoxy) is 2. The summed E-state index contributed by atoms with van der Waals surface area (Å²) in [4.78, 5) is 45.3. The minimum Gasteiger partial charge on any atom is -0.480 e. The lowest BCUT2D eigenvalue weighted by atomic mass is 9.75. The number of rotatable bonds is 16. The van der Waals surface area contributed by atoms with Crippen molar-refractivity contribution in [3.05, 3.63) is 0 Å². The van der Waals surface area contributed by atoms with Gasteiger partial charge in [0.2, 0.25) is 0 Å². The average Bonchev–Trinajstić information content (AvgIpc) is 3.81. The van der Waals surface area contributed by atoms with E-state index in [1.807, 2.05) is 20.8 Å². The molecule has 5 heterocycles. The Morgan fingerprint density at radius 3 is 1.86 bits per heavy atom. The first-order valence-electron chi connectivity index (χ1n) is 22.5. The number of carbonyl (C=O) groups excluding carboxylic acids is 2. The largest absolute Gasteiger partial charge is 0.480 e. The highest BCUT2D eigenvalue weighted by atomic mass is 16.7. The molecule has 0 spiro atoms. The number of nitrogens with one attached hydrogen (secondary N) is 1. The van der Waals surface area contributed by atoms with Crippen LogP contribution in [0.25, 0.3) is 0 Å². The van der Waals surface area contributed by atoms with E-state index in [0.717, 1.165) is 84.2 Å². The molecule has 0 bridgehead atoms. The minimum atomic E-state index is -1.29. The number of amides is 1. The van der Waals surface area contributed by atoms with Crippen LogP contribution in [0.2, 0.25) is 12.6 Å².